The van der Waals surface area contributed by atoms with Gasteiger partial charge in [-0.2, -0.15) is 0 Å². The predicted molar refractivity (Wildman–Crippen MR) is 85.8 cm³/mol. The van der Waals surface area contributed by atoms with Crippen LogP contribution in [0.2, 0.25) is 0 Å². The SMILES string of the molecule is CN(C)NC(=O)NCC1CC(CNC(=O)NN(C)C)C1(C)C. The molecule has 0 saturated heterocycles. The molecule has 4 N–H and O–H groups in total. The van der Waals surface area contributed by atoms with Crippen LogP contribution in [0.25, 0.3) is 0 Å². The fourth-order valence-electron chi connectivity index (χ4n) is 2.73. The van der Waals surface area contributed by atoms with Gasteiger partial charge in [0.1, 0.15) is 0 Å². The third kappa shape index (κ3) is 5.34. The molecule has 1 fully saturated rings. The van der Waals surface area contributed by atoms with E-state index in [1.165, 1.54) is 0 Å². The van der Waals surface area contributed by atoms with Crippen LogP contribution in [-0.2, 0) is 0 Å². The summed E-state index contributed by atoms with van der Waals surface area (Å²) in [5.74, 6) is 0.841. The number of carbonyl (C=O) groups excluding carboxylic acids is 2. The Morgan fingerprint density at radius 2 is 1.27 bits per heavy atom. The Labute approximate surface area is 132 Å². The van der Waals surface area contributed by atoms with Gasteiger partial charge in [-0.1, -0.05) is 13.8 Å². The summed E-state index contributed by atoms with van der Waals surface area (Å²) in [5, 5.41) is 8.99. The highest BCUT2D eigenvalue weighted by molar-refractivity contribution is 5.73. The smallest absolute Gasteiger partial charge is 0.329 e. The molecule has 0 bridgehead atoms. The van der Waals surface area contributed by atoms with Gasteiger partial charge in [-0.15, -0.1) is 0 Å². The molecule has 0 heterocycles. The maximum atomic E-state index is 11.6. The average molecular weight is 314 g/mol. The van der Waals surface area contributed by atoms with Crippen LogP contribution in [0.4, 0.5) is 9.59 Å². The third-order valence-corrected chi connectivity index (χ3v) is 4.34. The second-order valence-corrected chi connectivity index (χ2v) is 6.88. The van der Waals surface area contributed by atoms with E-state index in [2.05, 4.69) is 35.3 Å². The largest absolute Gasteiger partial charge is 0.337 e. The van der Waals surface area contributed by atoms with Crippen LogP contribution in [0.1, 0.15) is 20.3 Å². The van der Waals surface area contributed by atoms with E-state index in [0.717, 1.165) is 6.42 Å². The number of amides is 4. The van der Waals surface area contributed by atoms with Gasteiger partial charge in [-0.3, -0.25) is 10.9 Å². The molecular weight excluding hydrogens is 284 g/mol. The normalized spacial score (nSPS) is 22.9. The van der Waals surface area contributed by atoms with Crippen LogP contribution in [-0.4, -0.2) is 63.4 Å². The van der Waals surface area contributed by atoms with Crippen LogP contribution in [0.15, 0.2) is 0 Å². The van der Waals surface area contributed by atoms with Crippen molar-refractivity contribution >= 4 is 12.1 Å². The first kappa shape index (κ1) is 18.5. The Balaban J connectivity index is 2.30. The Bertz CT molecular complexity index is 363. The van der Waals surface area contributed by atoms with Gasteiger partial charge < -0.3 is 10.6 Å². The van der Waals surface area contributed by atoms with E-state index in [4.69, 9.17) is 0 Å². The molecule has 0 spiro atoms. The summed E-state index contributed by atoms with van der Waals surface area (Å²) in [6.45, 7) is 5.66. The summed E-state index contributed by atoms with van der Waals surface area (Å²) in [4.78, 5) is 23.1. The molecule has 1 aliphatic carbocycles. The molecule has 1 aliphatic rings. The second kappa shape index (κ2) is 7.64. The molecule has 0 aromatic carbocycles. The predicted octanol–water partition coefficient (Wildman–Crippen LogP) is 0.200. The van der Waals surface area contributed by atoms with E-state index in [0.29, 0.717) is 24.9 Å². The lowest BCUT2D eigenvalue weighted by atomic mass is 9.54. The van der Waals surface area contributed by atoms with Crippen LogP contribution in [0, 0.1) is 17.3 Å². The van der Waals surface area contributed by atoms with Crippen LogP contribution in [0.5, 0.6) is 0 Å². The minimum absolute atomic E-state index is 0.0940. The molecule has 2 unspecified atom stereocenters. The van der Waals surface area contributed by atoms with E-state index >= 15 is 0 Å². The first-order valence-electron chi connectivity index (χ1n) is 7.56. The second-order valence-electron chi connectivity index (χ2n) is 6.88. The highest BCUT2D eigenvalue weighted by atomic mass is 16.2. The summed E-state index contributed by atoms with van der Waals surface area (Å²) in [6, 6.07) is -0.375. The summed E-state index contributed by atoms with van der Waals surface area (Å²) in [7, 11) is 7.08. The molecule has 0 radical (unpaired) electrons. The molecule has 1 saturated carbocycles. The molecule has 2 atom stereocenters. The highest BCUT2D eigenvalue weighted by Crippen LogP contribution is 2.50. The highest BCUT2D eigenvalue weighted by Gasteiger charge is 2.47. The Morgan fingerprint density at radius 1 is 0.909 bits per heavy atom. The molecule has 0 aromatic rings. The molecule has 22 heavy (non-hydrogen) atoms. The summed E-state index contributed by atoms with van der Waals surface area (Å²) in [5.41, 5.74) is 5.41. The zero-order valence-electron chi connectivity index (χ0n) is 14.5. The minimum Gasteiger partial charge on any atom is -0.337 e. The van der Waals surface area contributed by atoms with E-state index in [-0.39, 0.29) is 17.5 Å². The third-order valence-electron chi connectivity index (χ3n) is 4.34. The van der Waals surface area contributed by atoms with Gasteiger partial charge in [0, 0.05) is 41.3 Å². The lowest BCUT2D eigenvalue weighted by Gasteiger charge is -2.52. The van der Waals surface area contributed by atoms with E-state index < -0.39 is 0 Å². The molecule has 1 rings (SSSR count). The number of urea groups is 2. The molecule has 0 aliphatic heterocycles. The fraction of sp³-hybridized carbons (Fsp3) is 0.857. The maximum Gasteiger partial charge on any atom is 0.329 e. The molecular formula is C14H30N6O2. The van der Waals surface area contributed by atoms with Gasteiger partial charge in [0.2, 0.25) is 0 Å². The zero-order valence-corrected chi connectivity index (χ0v) is 14.5. The van der Waals surface area contributed by atoms with Crippen molar-refractivity contribution in [1.82, 2.24) is 31.5 Å². The number of hydrazine groups is 2. The first-order chi connectivity index (χ1) is 10.1. The van der Waals surface area contributed by atoms with Crippen molar-refractivity contribution in [1.29, 1.82) is 0 Å². The Hall–Kier alpha value is -1.54. The lowest BCUT2D eigenvalue weighted by molar-refractivity contribution is -0.0151. The number of nitrogens with zero attached hydrogens (tertiary/aromatic N) is 2. The van der Waals surface area contributed by atoms with Crippen molar-refractivity contribution < 1.29 is 9.59 Å². The topological polar surface area (TPSA) is 88.7 Å². The quantitative estimate of drug-likeness (QED) is 0.527. The monoisotopic (exact) mass is 314 g/mol. The van der Waals surface area contributed by atoms with Crippen LogP contribution in [0.3, 0.4) is 0 Å². The van der Waals surface area contributed by atoms with E-state index in [1.54, 1.807) is 38.2 Å². The molecule has 8 nitrogen and oxygen atoms in total. The van der Waals surface area contributed by atoms with E-state index in [1.807, 2.05) is 0 Å². The van der Waals surface area contributed by atoms with Gasteiger partial charge in [0.25, 0.3) is 0 Å². The van der Waals surface area contributed by atoms with Crippen molar-refractivity contribution in [2.75, 3.05) is 41.3 Å². The summed E-state index contributed by atoms with van der Waals surface area (Å²) >= 11 is 0. The van der Waals surface area contributed by atoms with Crippen molar-refractivity contribution in [3.63, 3.8) is 0 Å². The van der Waals surface area contributed by atoms with E-state index in [9.17, 15) is 9.59 Å². The molecule has 8 heteroatoms. The van der Waals surface area contributed by atoms with Gasteiger partial charge in [-0.25, -0.2) is 19.6 Å². The number of hydrogen-bond donors (Lipinski definition) is 4. The Kier molecular flexibility index (Phi) is 6.43. The standard InChI is InChI=1S/C14H30N6O2/c1-14(2)10(8-15-12(21)17-19(3)4)7-11(14)9-16-13(22)18-20(5)6/h10-11H,7-9H2,1-6H3,(H2,15,17,21)(H2,16,18,22). The number of nitrogens with one attached hydrogen (secondary N) is 4. The van der Waals surface area contributed by atoms with Crippen molar-refractivity contribution in [2.45, 2.75) is 20.3 Å². The molecule has 128 valence electrons. The average Bonchev–Trinajstić information content (AvgIpc) is 2.34. The van der Waals surface area contributed by atoms with Crippen molar-refractivity contribution in [2.24, 2.45) is 17.3 Å². The minimum atomic E-state index is -0.187. The first-order valence-corrected chi connectivity index (χ1v) is 7.56. The molecule has 4 amide bonds. The Morgan fingerprint density at radius 3 is 1.55 bits per heavy atom. The summed E-state index contributed by atoms with van der Waals surface area (Å²) < 4.78 is 0. The molecule has 0 aromatic heterocycles. The zero-order chi connectivity index (χ0) is 16.9. The van der Waals surface area contributed by atoms with Gasteiger partial charge in [-0.05, 0) is 23.7 Å². The number of hydrogen-bond acceptors (Lipinski definition) is 4. The summed E-state index contributed by atoms with van der Waals surface area (Å²) in [6.07, 6.45) is 0.998. The van der Waals surface area contributed by atoms with Gasteiger partial charge >= 0.3 is 12.1 Å². The maximum absolute atomic E-state index is 11.6. The fourth-order valence-corrected chi connectivity index (χ4v) is 2.73. The van der Waals surface area contributed by atoms with Gasteiger partial charge in [0.15, 0.2) is 0 Å². The van der Waals surface area contributed by atoms with Crippen molar-refractivity contribution in [3.05, 3.63) is 0 Å². The lowest BCUT2D eigenvalue weighted by Crippen LogP contribution is -2.56. The number of rotatable bonds is 6. The van der Waals surface area contributed by atoms with Crippen LogP contribution < -0.4 is 21.5 Å². The van der Waals surface area contributed by atoms with Crippen molar-refractivity contribution in [3.8, 4) is 0 Å². The van der Waals surface area contributed by atoms with Crippen LogP contribution >= 0.6 is 0 Å². The van der Waals surface area contributed by atoms with Gasteiger partial charge in [0.05, 0.1) is 0 Å². The number of carbonyl (C=O) groups is 2.